The molecule has 0 saturated heterocycles. The molecule has 0 radical (unpaired) electrons. The summed E-state index contributed by atoms with van der Waals surface area (Å²) in [6, 6.07) is 5.77. The first-order valence-corrected chi connectivity index (χ1v) is 5.05. The standard InChI is InChI=1S/C11H14ClNO/c1-13-11-8-10(12)6-5-9(11)4-2-3-7-14/h5-8,13H,2-4H2,1H3. The van der Waals surface area contributed by atoms with Gasteiger partial charge in [-0.2, -0.15) is 0 Å². The zero-order chi connectivity index (χ0) is 10.4. The van der Waals surface area contributed by atoms with E-state index >= 15 is 0 Å². The Kier molecular flexibility index (Phi) is 4.47. The third-order valence-electron chi connectivity index (χ3n) is 2.11. The molecule has 0 fully saturated rings. The molecule has 0 aromatic heterocycles. The fourth-order valence-electron chi connectivity index (χ4n) is 1.38. The minimum absolute atomic E-state index is 0.617. The van der Waals surface area contributed by atoms with E-state index in [1.54, 1.807) is 0 Å². The molecule has 0 heterocycles. The Balaban J connectivity index is 2.69. The lowest BCUT2D eigenvalue weighted by Crippen LogP contribution is -1.95. The van der Waals surface area contributed by atoms with Crippen molar-refractivity contribution in [3.05, 3.63) is 28.8 Å². The zero-order valence-electron chi connectivity index (χ0n) is 8.22. The molecule has 1 N–H and O–H groups in total. The normalized spacial score (nSPS) is 9.86. The van der Waals surface area contributed by atoms with Gasteiger partial charge in [0.25, 0.3) is 0 Å². The van der Waals surface area contributed by atoms with Crippen molar-refractivity contribution in [3.8, 4) is 0 Å². The topological polar surface area (TPSA) is 29.1 Å². The summed E-state index contributed by atoms with van der Waals surface area (Å²) in [5.74, 6) is 0. The number of unbranched alkanes of at least 4 members (excludes halogenated alkanes) is 1. The van der Waals surface area contributed by atoms with Gasteiger partial charge in [0.05, 0.1) is 0 Å². The van der Waals surface area contributed by atoms with Gasteiger partial charge in [-0.15, -0.1) is 0 Å². The van der Waals surface area contributed by atoms with Gasteiger partial charge < -0.3 is 10.1 Å². The first kappa shape index (κ1) is 11.1. The number of hydrogen-bond acceptors (Lipinski definition) is 2. The average molecular weight is 212 g/mol. The molecule has 0 atom stereocenters. The Morgan fingerprint density at radius 2 is 2.29 bits per heavy atom. The Labute approximate surface area is 89.3 Å². The average Bonchev–Trinajstić information content (AvgIpc) is 2.20. The Morgan fingerprint density at radius 1 is 1.50 bits per heavy atom. The summed E-state index contributed by atoms with van der Waals surface area (Å²) < 4.78 is 0. The molecule has 0 saturated carbocycles. The van der Waals surface area contributed by atoms with Crippen LogP contribution in [0.5, 0.6) is 0 Å². The third-order valence-corrected chi connectivity index (χ3v) is 2.34. The molecule has 0 spiro atoms. The number of nitrogens with one attached hydrogen (secondary N) is 1. The predicted octanol–water partition coefficient (Wildman–Crippen LogP) is 2.90. The van der Waals surface area contributed by atoms with E-state index in [1.165, 1.54) is 5.56 Å². The lowest BCUT2D eigenvalue weighted by molar-refractivity contribution is -0.107. The van der Waals surface area contributed by atoms with Gasteiger partial charge in [0, 0.05) is 24.2 Å². The van der Waals surface area contributed by atoms with Crippen molar-refractivity contribution in [2.45, 2.75) is 19.3 Å². The van der Waals surface area contributed by atoms with Crippen LogP contribution in [0.15, 0.2) is 18.2 Å². The lowest BCUT2D eigenvalue weighted by Gasteiger charge is -2.08. The summed E-state index contributed by atoms with van der Waals surface area (Å²) in [5.41, 5.74) is 2.25. The molecule has 1 aromatic carbocycles. The second-order valence-corrected chi connectivity index (χ2v) is 3.55. The smallest absolute Gasteiger partial charge is 0.120 e. The molecular weight excluding hydrogens is 198 g/mol. The van der Waals surface area contributed by atoms with E-state index in [9.17, 15) is 4.79 Å². The number of aryl methyl sites for hydroxylation is 1. The molecule has 76 valence electrons. The van der Waals surface area contributed by atoms with Crippen LogP contribution in [0.4, 0.5) is 5.69 Å². The SMILES string of the molecule is CNc1cc(Cl)ccc1CCCC=O. The maximum Gasteiger partial charge on any atom is 0.120 e. The molecule has 14 heavy (non-hydrogen) atoms. The van der Waals surface area contributed by atoms with Crippen LogP contribution in [-0.2, 0) is 11.2 Å². The molecule has 0 bridgehead atoms. The van der Waals surface area contributed by atoms with Crippen LogP contribution in [0, 0.1) is 0 Å². The van der Waals surface area contributed by atoms with Crippen molar-refractivity contribution in [2.24, 2.45) is 0 Å². The fourth-order valence-corrected chi connectivity index (χ4v) is 1.55. The van der Waals surface area contributed by atoms with E-state index in [0.29, 0.717) is 6.42 Å². The van der Waals surface area contributed by atoms with Gasteiger partial charge in [-0.25, -0.2) is 0 Å². The summed E-state index contributed by atoms with van der Waals surface area (Å²) in [6.45, 7) is 0. The summed E-state index contributed by atoms with van der Waals surface area (Å²) in [4.78, 5) is 10.2. The van der Waals surface area contributed by atoms with Crippen molar-refractivity contribution < 1.29 is 4.79 Å². The van der Waals surface area contributed by atoms with Crippen LogP contribution in [0.1, 0.15) is 18.4 Å². The number of carbonyl (C=O) groups excluding carboxylic acids is 1. The monoisotopic (exact) mass is 211 g/mol. The first-order chi connectivity index (χ1) is 6.77. The second-order valence-electron chi connectivity index (χ2n) is 3.11. The molecule has 0 amide bonds. The van der Waals surface area contributed by atoms with E-state index in [1.807, 2.05) is 25.2 Å². The molecule has 1 aromatic rings. The number of halogens is 1. The molecular formula is C11H14ClNO. The van der Waals surface area contributed by atoms with Crippen LogP contribution in [0.2, 0.25) is 5.02 Å². The fraction of sp³-hybridized carbons (Fsp3) is 0.364. The lowest BCUT2D eigenvalue weighted by atomic mass is 10.1. The number of benzene rings is 1. The van der Waals surface area contributed by atoms with E-state index in [-0.39, 0.29) is 0 Å². The van der Waals surface area contributed by atoms with Gasteiger partial charge in [-0.05, 0) is 30.5 Å². The number of anilines is 1. The van der Waals surface area contributed by atoms with Crippen LogP contribution in [-0.4, -0.2) is 13.3 Å². The van der Waals surface area contributed by atoms with Crippen LogP contribution in [0.3, 0.4) is 0 Å². The highest BCUT2D eigenvalue weighted by atomic mass is 35.5. The number of carbonyl (C=O) groups is 1. The highest BCUT2D eigenvalue weighted by molar-refractivity contribution is 6.30. The maximum absolute atomic E-state index is 10.2. The molecule has 0 unspecified atom stereocenters. The van der Waals surface area contributed by atoms with Gasteiger partial charge in [0.1, 0.15) is 6.29 Å². The van der Waals surface area contributed by atoms with Gasteiger partial charge in [-0.1, -0.05) is 17.7 Å². The van der Waals surface area contributed by atoms with E-state index in [0.717, 1.165) is 29.8 Å². The zero-order valence-corrected chi connectivity index (χ0v) is 8.97. The van der Waals surface area contributed by atoms with Gasteiger partial charge in [0.15, 0.2) is 0 Å². The van der Waals surface area contributed by atoms with Crippen molar-refractivity contribution in [1.82, 2.24) is 0 Å². The minimum atomic E-state index is 0.617. The first-order valence-electron chi connectivity index (χ1n) is 4.67. The number of hydrogen-bond donors (Lipinski definition) is 1. The van der Waals surface area contributed by atoms with Crippen molar-refractivity contribution in [2.75, 3.05) is 12.4 Å². The van der Waals surface area contributed by atoms with Gasteiger partial charge in [-0.3, -0.25) is 0 Å². The highest BCUT2D eigenvalue weighted by Crippen LogP contribution is 2.21. The third kappa shape index (κ3) is 3.04. The number of rotatable bonds is 5. The quantitative estimate of drug-likeness (QED) is 0.600. The second kappa shape index (κ2) is 5.66. The van der Waals surface area contributed by atoms with Crippen molar-refractivity contribution >= 4 is 23.6 Å². The van der Waals surface area contributed by atoms with Crippen molar-refractivity contribution in [3.63, 3.8) is 0 Å². The molecule has 3 heteroatoms. The Morgan fingerprint density at radius 3 is 2.93 bits per heavy atom. The minimum Gasteiger partial charge on any atom is -0.388 e. The van der Waals surface area contributed by atoms with Gasteiger partial charge in [0.2, 0.25) is 0 Å². The van der Waals surface area contributed by atoms with Crippen LogP contribution < -0.4 is 5.32 Å². The van der Waals surface area contributed by atoms with E-state index < -0.39 is 0 Å². The highest BCUT2D eigenvalue weighted by Gasteiger charge is 2.01. The molecule has 2 nitrogen and oxygen atoms in total. The maximum atomic E-state index is 10.2. The predicted molar refractivity (Wildman–Crippen MR) is 60.0 cm³/mol. The summed E-state index contributed by atoms with van der Waals surface area (Å²) in [7, 11) is 1.87. The molecule has 1 rings (SSSR count). The van der Waals surface area contributed by atoms with E-state index in [2.05, 4.69) is 5.32 Å². The number of aldehydes is 1. The molecule has 0 aliphatic carbocycles. The van der Waals surface area contributed by atoms with Gasteiger partial charge >= 0.3 is 0 Å². The summed E-state index contributed by atoms with van der Waals surface area (Å²) in [5, 5.41) is 3.82. The van der Waals surface area contributed by atoms with E-state index in [4.69, 9.17) is 11.6 Å². The summed E-state index contributed by atoms with van der Waals surface area (Å²) >= 11 is 5.86. The molecule has 0 aliphatic heterocycles. The Bertz CT molecular complexity index is 312. The van der Waals surface area contributed by atoms with Crippen molar-refractivity contribution in [1.29, 1.82) is 0 Å². The van der Waals surface area contributed by atoms with Crippen LogP contribution in [0.25, 0.3) is 0 Å². The molecule has 0 aliphatic rings. The Hall–Kier alpha value is -1.02. The largest absolute Gasteiger partial charge is 0.388 e. The van der Waals surface area contributed by atoms with Crippen LogP contribution >= 0.6 is 11.6 Å². The summed E-state index contributed by atoms with van der Waals surface area (Å²) in [6.07, 6.45) is 3.37.